The number of anilines is 1. The molecular formula is C26H25F7N4O4. The third-order valence-corrected chi connectivity index (χ3v) is 6.72. The van der Waals surface area contributed by atoms with Gasteiger partial charge in [0.15, 0.2) is 6.29 Å². The van der Waals surface area contributed by atoms with Crippen molar-refractivity contribution in [3.8, 4) is 0 Å². The van der Waals surface area contributed by atoms with E-state index in [1.165, 1.54) is 49.3 Å². The van der Waals surface area contributed by atoms with Crippen LogP contribution in [-0.4, -0.2) is 47.3 Å². The number of alkyl halides is 6. The first-order valence-corrected chi connectivity index (χ1v) is 12.2. The summed E-state index contributed by atoms with van der Waals surface area (Å²) in [7, 11) is 1.21. The molecular weight excluding hydrogens is 565 g/mol. The van der Waals surface area contributed by atoms with E-state index in [1.54, 1.807) is 11.8 Å². The predicted octanol–water partition coefficient (Wildman–Crippen LogP) is 5.48. The molecule has 4 rings (SSSR count). The van der Waals surface area contributed by atoms with Crippen molar-refractivity contribution in [2.24, 2.45) is 0 Å². The van der Waals surface area contributed by atoms with Crippen molar-refractivity contribution in [2.75, 3.05) is 25.2 Å². The Balaban J connectivity index is 1.74. The smallest absolute Gasteiger partial charge is 0.416 e. The Labute approximate surface area is 229 Å². The zero-order valence-electron chi connectivity index (χ0n) is 22.0. The molecule has 1 fully saturated rings. The maximum absolute atomic E-state index is 13.8. The quantitative estimate of drug-likeness (QED) is 0.266. The van der Waals surface area contributed by atoms with E-state index in [0.29, 0.717) is 17.7 Å². The number of carbonyl (C=O) groups excluding carboxylic acids is 1. The Morgan fingerprint density at radius 1 is 1.10 bits per heavy atom. The minimum Gasteiger partial charge on any atom is -0.468 e. The molecule has 3 atom stereocenters. The maximum Gasteiger partial charge on any atom is 0.416 e. The third kappa shape index (κ3) is 6.45. The molecule has 0 radical (unpaired) electrons. The Kier molecular flexibility index (Phi) is 8.32. The zero-order valence-corrected chi connectivity index (χ0v) is 22.0. The number of ether oxygens (including phenoxy) is 3. The van der Waals surface area contributed by atoms with Crippen LogP contribution in [-0.2, 0) is 43.4 Å². The third-order valence-electron chi connectivity index (χ3n) is 6.72. The summed E-state index contributed by atoms with van der Waals surface area (Å²) in [5.74, 6) is -1.02. The van der Waals surface area contributed by atoms with Crippen molar-refractivity contribution in [1.82, 2.24) is 14.8 Å². The molecule has 1 aliphatic rings. The van der Waals surface area contributed by atoms with E-state index >= 15 is 0 Å². The molecule has 222 valence electrons. The highest BCUT2D eigenvalue weighted by Crippen LogP contribution is 2.42. The van der Waals surface area contributed by atoms with E-state index in [9.17, 15) is 35.5 Å². The van der Waals surface area contributed by atoms with E-state index in [-0.39, 0.29) is 37.3 Å². The lowest BCUT2D eigenvalue weighted by molar-refractivity contribution is -0.217. The van der Waals surface area contributed by atoms with E-state index in [1.807, 2.05) is 0 Å². The lowest BCUT2D eigenvalue weighted by Gasteiger charge is -2.49. The van der Waals surface area contributed by atoms with Gasteiger partial charge in [0.2, 0.25) is 5.95 Å². The number of rotatable bonds is 7. The highest BCUT2D eigenvalue weighted by Gasteiger charge is 2.48. The number of carbonyl (C=O) groups is 1. The number of esters is 1. The van der Waals surface area contributed by atoms with Crippen molar-refractivity contribution < 1.29 is 49.7 Å². The van der Waals surface area contributed by atoms with Gasteiger partial charge in [-0.05, 0) is 55.3 Å². The van der Waals surface area contributed by atoms with Gasteiger partial charge in [-0.3, -0.25) is 4.79 Å². The zero-order chi connectivity index (χ0) is 30.2. The second-order valence-corrected chi connectivity index (χ2v) is 9.44. The standard InChI is InChI=1S/C26H25F7N4O4/c1-15(16-10-18(25(28,29)30)12-19(11-16)26(31,32)33)41-22-24(2,17-4-6-20(27)7-5-17)37(8-9-40-22)23-34-14-36(35-23)13-21(38)39-3/h4-7,10-12,14-15,22H,8-9,13H2,1-3H3/t15?,22-,24+/m1/s1. The van der Waals surface area contributed by atoms with Gasteiger partial charge in [0.05, 0.1) is 30.9 Å². The van der Waals surface area contributed by atoms with Gasteiger partial charge in [0.1, 0.15) is 24.2 Å². The molecule has 2 heterocycles. The topological polar surface area (TPSA) is 78.7 Å². The fraction of sp³-hybridized carbons (Fsp3) is 0.423. The Hall–Kier alpha value is -3.72. The van der Waals surface area contributed by atoms with Gasteiger partial charge in [-0.2, -0.15) is 26.3 Å². The average molecular weight is 590 g/mol. The first-order valence-electron chi connectivity index (χ1n) is 12.2. The molecule has 0 N–H and O–H groups in total. The van der Waals surface area contributed by atoms with Crippen LogP contribution in [0.15, 0.2) is 48.8 Å². The predicted molar refractivity (Wildman–Crippen MR) is 129 cm³/mol. The van der Waals surface area contributed by atoms with E-state index < -0.39 is 53.2 Å². The molecule has 0 bridgehead atoms. The lowest BCUT2D eigenvalue weighted by Crippen LogP contribution is -2.60. The molecule has 0 spiro atoms. The van der Waals surface area contributed by atoms with Crippen LogP contribution in [0.25, 0.3) is 0 Å². The van der Waals surface area contributed by atoms with Crippen LogP contribution in [0.5, 0.6) is 0 Å². The van der Waals surface area contributed by atoms with Crippen molar-refractivity contribution in [3.63, 3.8) is 0 Å². The summed E-state index contributed by atoms with van der Waals surface area (Å²) >= 11 is 0. The number of hydrogen-bond acceptors (Lipinski definition) is 7. The van der Waals surface area contributed by atoms with E-state index in [2.05, 4.69) is 14.8 Å². The molecule has 15 heteroatoms. The Bertz CT molecular complexity index is 1350. The summed E-state index contributed by atoms with van der Waals surface area (Å²) in [6.45, 7) is 2.87. The fourth-order valence-corrected chi connectivity index (χ4v) is 4.49. The molecule has 1 aromatic heterocycles. The van der Waals surface area contributed by atoms with E-state index in [4.69, 9.17) is 9.47 Å². The summed E-state index contributed by atoms with van der Waals surface area (Å²) in [6.07, 6.45) is -11.4. The molecule has 8 nitrogen and oxygen atoms in total. The number of halogens is 7. The summed E-state index contributed by atoms with van der Waals surface area (Å²) in [6, 6.07) is 6.45. The largest absolute Gasteiger partial charge is 0.468 e. The van der Waals surface area contributed by atoms with Crippen LogP contribution in [0.1, 0.15) is 42.2 Å². The number of hydrogen-bond donors (Lipinski definition) is 0. The van der Waals surface area contributed by atoms with Crippen LogP contribution in [0.3, 0.4) is 0 Å². The van der Waals surface area contributed by atoms with Crippen LogP contribution >= 0.6 is 0 Å². The summed E-state index contributed by atoms with van der Waals surface area (Å²) in [5.41, 5.74) is -4.27. The number of aromatic nitrogens is 3. The second kappa shape index (κ2) is 11.3. The number of morpholine rings is 1. The first kappa shape index (κ1) is 30.2. The van der Waals surface area contributed by atoms with Crippen LogP contribution in [0.2, 0.25) is 0 Å². The highest BCUT2D eigenvalue weighted by molar-refractivity contribution is 5.68. The maximum atomic E-state index is 13.8. The van der Waals surface area contributed by atoms with Gasteiger partial charge in [0.25, 0.3) is 0 Å². The van der Waals surface area contributed by atoms with Crippen LogP contribution in [0, 0.1) is 5.82 Å². The second-order valence-electron chi connectivity index (χ2n) is 9.44. The highest BCUT2D eigenvalue weighted by atomic mass is 19.4. The van der Waals surface area contributed by atoms with Gasteiger partial charge >= 0.3 is 18.3 Å². The summed E-state index contributed by atoms with van der Waals surface area (Å²) < 4.78 is 112. The van der Waals surface area contributed by atoms with Gasteiger partial charge in [0, 0.05) is 6.54 Å². The molecule has 0 amide bonds. The Morgan fingerprint density at radius 2 is 1.71 bits per heavy atom. The molecule has 1 saturated heterocycles. The molecule has 0 saturated carbocycles. The minimum absolute atomic E-state index is 0.0100. The molecule has 1 aliphatic heterocycles. The lowest BCUT2D eigenvalue weighted by atomic mass is 9.87. The minimum atomic E-state index is -5.04. The SMILES string of the molecule is COC(=O)Cn1cnc(N2CCO[C@H](OC(C)c3cc(C(F)(F)F)cc(C(F)(F)F)c3)[C@]2(C)c2ccc(F)cc2)n1. The van der Waals surface area contributed by atoms with Gasteiger partial charge in [-0.15, -0.1) is 5.10 Å². The van der Waals surface area contributed by atoms with Crippen LogP contribution < -0.4 is 4.90 Å². The molecule has 0 aliphatic carbocycles. The molecule has 1 unspecified atom stereocenters. The molecule has 2 aromatic carbocycles. The monoisotopic (exact) mass is 590 g/mol. The first-order chi connectivity index (χ1) is 19.1. The van der Waals surface area contributed by atoms with Gasteiger partial charge < -0.3 is 19.1 Å². The van der Waals surface area contributed by atoms with Crippen molar-refractivity contribution in [3.05, 3.63) is 76.9 Å². The summed E-state index contributed by atoms with van der Waals surface area (Å²) in [5, 5.41) is 4.30. The number of benzene rings is 2. The van der Waals surface area contributed by atoms with Crippen molar-refractivity contribution in [1.29, 1.82) is 0 Å². The normalized spacial score (nSPS) is 20.6. The molecule has 41 heavy (non-hydrogen) atoms. The van der Waals surface area contributed by atoms with E-state index in [0.717, 1.165) is 0 Å². The van der Waals surface area contributed by atoms with Crippen molar-refractivity contribution >= 4 is 11.9 Å². The average Bonchev–Trinajstić information content (AvgIpc) is 3.36. The fourth-order valence-electron chi connectivity index (χ4n) is 4.49. The Morgan fingerprint density at radius 3 is 2.27 bits per heavy atom. The summed E-state index contributed by atoms with van der Waals surface area (Å²) in [4.78, 5) is 17.6. The van der Waals surface area contributed by atoms with Crippen LogP contribution in [0.4, 0.5) is 36.7 Å². The van der Waals surface area contributed by atoms with Crippen molar-refractivity contribution in [2.45, 2.75) is 50.7 Å². The van der Waals surface area contributed by atoms with Gasteiger partial charge in [-0.25, -0.2) is 14.1 Å². The number of nitrogens with zero attached hydrogens (tertiary/aromatic N) is 4. The van der Waals surface area contributed by atoms with Gasteiger partial charge in [-0.1, -0.05) is 12.1 Å². The molecule has 3 aromatic rings. The number of methoxy groups -OCH3 is 1.